The van der Waals surface area contributed by atoms with E-state index in [2.05, 4.69) is 10.6 Å². The second kappa shape index (κ2) is 8.37. The molecule has 1 aliphatic heterocycles. The summed E-state index contributed by atoms with van der Waals surface area (Å²) in [4.78, 5) is 27.0. The van der Waals surface area contributed by atoms with Crippen LogP contribution in [0.15, 0.2) is 72.8 Å². The lowest BCUT2D eigenvalue weighted by Crippen LogP contribution is -2.30. The van der Waals surface area contributed by atoms with Gasteiger partial charge in [-0.25, -0.2) is 4.79 Å². The molecule has 4 rings (SSSR count). The molecule has 2 N–H and O–H groups in total. The number of rotatable bonds is 4. The van der Waals surface area contributed by atoms with E-state index in [-0.39, 0.29) is 11.9 Å². The van der Waals surface area contributed by atoms with Gasteiger partial charge in [0.25, 0.3) is 5.91 Å². The number of benzene rings is 3. The number of carbonyl (C=O) groups excluding carboxylic acids is 2. The molecule has 0 atom stereocenters. The highest BCUT2D eigenvalue weighted by atomic mass is 35.5. The number of nitrogens with zero attached hydrogens (tertiary/aromatic N) is 1. The van der Waals surface area contributed by atoms with Gasteiger partial charge in [-0.1, -0.05) is 54.1 Å². The Bertz CT molecular complexity index is 1070. The van der Waals surface area contributed by atoms with E-state index in [4.69, 9.17) is 11.6 Å². The summed E-state index contributed by atoms with van der Waals surface area (Å²) < 4.78 is 0. The Hall–Kier alpha value is -3.31. The third-order valence-corrected chi connectivity index (χ3v) is 5.27. The van der Waals surface area contributed by atoms with Crippen molar-refractivity contribution in [3.05, 3.63) is 94.5 Å². The largest absolute Gasteiger partial charge is 0.334 e. The predicted molar refractivity (Wildman–Crippen MR) is 116 cm³/mol. The van der Waals surface area contributed by atoms with Crippen LogP contribution in [0.1, 0.15) is 21.5 Å². The van der Waals surface area contributed by atoms with Crippen molar-refractivity contribution in [3.8, 4) is 0 Å². The van der Waals surface area contributed by atoms with Crippen LogP contribution in [0.4, 0.5) is 16.2 Å². The molecule has 0 aromatic heterocycles. The number of hydrogen-bond acceptors (Lipinski definition) is 2. The quantitative estimate of drug-likeness (QED) is 0.650. The van der Waals surface area contributed by atoms with Crippen molar-refractivity contribution in [1.82, 2.24) is 5.32 Å². The van der Waals surface area contributed by atoms with Gasteiger partial charge >= 0.3 is 6.03 Å². The van der Waals surface area contributed by atoms with Crippen molar-refractivity contribution in [2.24, 2.45) is 0 Å². The molecule has 1 aliphatic rings. The molecule has 0 unspecified atom stereocenters. The number of halogens is 1. The van der Waals surface area contributed by atoms with Gasteiger partial charge in [0.15, 0.2) is 0 Å². The SMILES string of the molecule is O=C(NCc1ccccc1Cl)Nc1cccc(C(=O)N2CCc3ccccc32)c1. The third-order valence-electron chi connectivity index (χ3n) is 4.90. The summed E-state index contributed by atoms with van der Waals surface area (Å²) in [7, 11) is 0. The standard InChI is InChI=1S/C23H20ClN3O2/c24-20-10-3-1-7-18(20)15-25-23(29)26-19-9-5-8-17(14-19)22(28)27-13-12-16-6-2-4-11-21(16)27/h1-11,14H,12-13,15H2,(H2,25,26,29). The molecular weight excluding hydrogens is 386 g/mol. The lowest BCUT2D eigenvalue weighted by atomic mass is 10.1. The fourth-order valence-electron chi connectivity index (χ4n) is 3.43. The summed E-state index contributed by atoms with van der Waals surface area (Å²) in [6.45, 7) is 0.975. The van der Waals surface area contributed by atoms with E-state index in [1.807, 2.05) is 42.5 Å². The van der Waals surface area contributed by atoms with Crippen LogP contribution in [-0.4, -0.2) is 18.5 Å². The summed E-state index contributed by atoms with van der Waals surface area (Å²) in [5.74, 6) is -0.0740. The monoisotopic (exact) mass is 405 g/mol. The maximum absolute atomic E-state index is 13.0. The number of anilines is 2. The van der Waals surface area contributed by atoms with E-state index in [9.17, 15) is 9.59 Å². The van der Waals surface area contributed by atoms with Gasteiger partial charge in [0.2, 0.25) is 0 Å². The van der Waals surface area contributed by atoms with E-state index in [1.54, 1.807) is 35.2 Å². The Morgan fingerprint density at radius 3 is 2.62 bits per heavy atom. The molecule has 3 aromatic rings. The Morgan fingerprint density at radius 2 is 1.76 bits per heavy atom. The highest BCUT2D eigenvalue weighted by Gasteiger charge is 2.25. The van der Waals surface area contributed by atoms with Gasteiger partial charge in [0, 0.05) is 35.1 Å². The molecule has 146 valence electrons. The van der Waals surface area contributed by atoms with Crippen LogP contribution < -0.4 is 15.5 Å². The molecule has 5 nitrogen and oxygen atoms in total. The van der Waals surface area contributed by atoms with Gasteiger partial charge < -0.3 is 15.5 Å². The smallest absolute Gasteiger partial charge is 0.319 e. The normalized spacial score (nSPS) is 12.4. The van der Waals surface area contributed by atoms with Crippen LogP contribution in [0.5, 0.6) is 0 Å². The first kappa shape index (κ1) is 19.0. The zero-order valence-electron chi connectivity index (χ0n) is 15.7. The molecule has 6 heteroatoms. The van der Waals surface area contributed by atoms with Crippen LogP contribution in [-0.2, 0) is 13.0 Å². The highest BCUT2D eigenvalue weighted by molar-refractivity contribution is 6.31. The average Bonchev–Trinajstić information content (AvgIpc) is 3.17. The topological polar surface area (TPSA) is 61.4 Å². The fraction of sp³-hybridized carbons (Fsp3) is 0.130. The number of hydrogen-bond donors (Lipinski definition) is 2. The van der Waals surface area contributed by atoms with E-state index in [0.717, 1.165) is 17.7 Å². The van der Waals surface area contributed by atoms with Crippen LogP contribution >= 0.6 is 11.6 Å². The first-order valence-corrected chi connectivity index (χ1v) is 9.78. The number of fused-ring (bicyclic) bond motifs is 1. The Kier molecular flexibility index (Phi) is 5.49. The highest BCUT2D eigenvalue weighted by Crippen LogP contribution is 2.29. The second-order valence-electron chi connectivity index (χ2n) is 6.82. The maximum Gasteiger partial charge on any atom is 0.319 e. The summed E-state index contributed by atoms with van der Waals surface area (Å²) in [5, 5.41) is 6.15. The number of urea groups is 1. The maximum atomic E-state index is 13.0. The molecule has 0 spiro atoms. The molecule has 0 saturated heterocycles. The van der Waals surface area contributed by atoms with Gasteiger partial charge in [-0.05, 0) is 47.9 Å². The van der Waals surface area contributed by atoms with E-state index in [1.165, 1.54) is 5.56 Å². The number of carbonyl (C=O) groups is 2. The molecule has 0 radical (unpaired) electrons. The van der Waals surface area contributed by atoms with Gasteiger partial charge in [0.05, 0.1) is 0 Å². The average molecular weight is 406 g/mol. The summed E-state index contributed by atoms with van der Waals surface area (Å²) in [6, 6.07) is 21.9. The molecule has 0 aliphatic carbocycles. The molecular formula is C23H20ClN3O2. The minimum Gasteiger partial charge on any atom is -0.334 e. The molecule has 0 fully saturated rings. The van der Waals surface area contributed by atoms with Crippen LogP contribution in [0, 0.1) is 0 Å². The summed E-state index contributed by atoms with van der Waals surface area (Å²) in [5.41, 5.74) is 4.05. The third kappa shape index (κ3) is 4.25. The Balaban J connectivity index is 1.42. The summed E-state index contributed by atoms with van der Waals surface area (Å²) >= 11 is 6.11. The molecule has 29 heavy (non-hydrogen) atoms. The lowest BCUT2D eigenvalue weighted by molar-refractivity contribution is 0.0989. The van der Waals surface area contributed by atoms with Crippen molar-refractivity contribution in [2.75, 3.05) is 16.8 Å². The summed E-state index contributed by atoms with van der Waals surface area (Å²) in [6.07, 6.45) is 0.851. The van der Waals surface area contributed by atoms with Crippen molar-refractivity contribution in [2.45, 2.75) is 13.0 Å². The van der Waals surface area contributed by atoms with Crippen molar-refractivity contribution < 1.29 is 9.59 Å². The Morgan fingerprint density at radius 1 is 0.966 bits per heavy atom. The zero-order chi connectivity index (χ0) is 20.2. The van der Waals surface area contributed by atoms with Gasteiger partial charge in [0.1, 0.15) is 0 Å². The lowest BCUT2D eigenvalue weighted by Gasteiger charge is -2.18. The second-order valence-corrected chi connectivity index (χ2v) is 7.22. The van der Waals surface area contributed by atoms with E-state index in [0.29, 0.717) is 29.4 Å². The van der Waals surface area contributed by atoms with Gasteiger partial charge in [-0.2, -0.15) is 0 Å². The first-order valence-electron chi connectivity index (χ1n) is 9.40. The van der Waals surface area contributed by atoms with Crippen molar-refractivity contribution in [1.29, 1.82) is 0 Å². The molecule has 0 bridgehead atoms. The van der Waals surface area contributed by atoms with Crippen LogP contribution in [0.3, 0.4) is 0 Å². The zero-order valence-corrected chi connectivity index (χ0v) is 16.4. The predicted octanol–water partition coefficient (Wildman–Crippen LogP) is 4.86. The van der Waals surface area contributed by atoms with Gasteiger partial charge in [-0.3, -0.25) is 4.79 Å². The van der Waals surface area contributed by atoms with E-state index < -0.39 is 0 Å². The molecule has 3 amide bonds. The minimum atomic E-state index is -0.360. The fourth-order valence-corrected chi connectivity index (χ4v) is 3.63. The number of nitrogens with one attached hydrogen (secondary N) is 2. The van der Waals surface area contributed by atoms with Crippen LogP contribution in [0.25, 0.3) is 0 Å². The van der Waals surface area contributed by atoms with Crippen LogP contribution in [0.2, 0.25) is 5.02 Å². The van der Waals surface area contributed by atoms with Crippen molar-refractivity contribution in [3.63, 3.8) is 0 Å². The van der Waals surface area contributed by atoms with Crippen molar-refractivity contribution >= 4 is 34.9 Å². The van der Waals surface area contributed by atoms with Gasteiger partial charge in [-0.15, -0.1) is 0 Å². The molecule has 3 aromatic carbocycles. The molecule has 0 saturated carbocycles. The number of para-hydroxylation sites is 1. The minimum absolute atomic E-state index is 0.0740. The Labute approximate surface area is 174 Å². The first-order chi connectivity index (χ1) is 14.1. The molecule has 1 heterocycles. The number of amides is 3. The van der Waals surface area contributed by atoms with E-state index >= 15 is 0 Å².